The van der Waals surface area contributed by atoms with E-state index in [4.69, 9.17) is 0 Å². The molecule has 0 atom stereocenters. The molecule has 8 nitrogen and oxygen atoms in total. The summed E-state index contributed by atoms with van der Waals surface area (Å²) < 4.78 is 27.5. The molecular weight excluding hydrogens is 402 g/mol. The van der Waals surface area contributed by atoms with Gasteiger partial charge in [0.25, 0.3) is 21.6 Å². The van der Waals surface area contributed by atoms with E-state index in [1.54, 1.807) is 23.6 Å². The number of thiophene rings is 1. The molecule has 2 aromatic carbocycles. The first-order valence-electron chi connectivity index (χ1n) is 8.00. The van der Waals surface area contributed by atoms with E-state index in [0.29, 0.717) is 0 Å². The Morgan fingerprint density at radius 1 is 1.04 bits per heavy atom. The number of sulfonamides is 1. The molecule has 3 aromatic rings. The second-order valence-electron chi connectivity index (χ2n) is 5.74. The largest absolute Gasteiger partial charge is 0.320 e. The highest BCUT2D eigenvalue weighted by molar-refractivity contribution is 7.94. The highest BCUT2D eigenvalue weighted by Crippen LogP contribution is 2.28. The molecule has 1 heterocycles. The van der Waals surface area contributed by atoms with Gasteiger partial charge in [0.05, 0.1) is 16.3 Å². The molecule has 2 N–H and O–H groups in total. The molecular formula is C18H15N3O5S2. The van der Waals surface area contributed by atoms with Crippen LogP contribution in [0.3, 0.4) is 0 Å². The topological polar surface area (TPSA) is 118 Å². The number of nitrogens with one attached hydrogen (secondary N) is 2. The summed E-state index contributed by atoms with van der Waals surface area (Å²) in [6.45, 7) is 1.48. The Labute approximate surface area is 165 Å². The van der Waals surface area contributed by atoms with Gasteiger partial charge in [0.1, 0.15) is 4.21 Å². The van der Waals surface area contributed by atoms with Crippen molar-refractivity contribution < 1.29 is 18.1 Å². The van der Waals surface area contributed by atoms with Crippen LogP contribution in [0.2, 0.25) is 0 Å². The number of amides is 1. The zero-order valence-corrected chi connectivity index (χ0v) is 16.2. The summed E-state index contributed by atoms with van der Waals surface area (Å²) in [6, 6.07) is 13.6. The summed E-state index contributed by atoms with van der Waals surface area (Å²) in [6.07, 6.45) is 0. The first kappa shape index (κ1) is 19.5. The Bertz CT molecular complexity index is 1140. The van der Waals surface area contributed by atoms with Crippen LogP contribution in [-0.4, -0.2) is 19.2 Å². The third-order valence-corrected chi connectivity index (χ3v) is 6.69. The molecule has 28 heavy (non-hydrogen) atoms. The fourth-order valence-corrected chi connectivity index (χ4v) is 4.62. The third-order valence-electron chi connectivity index (χ3n) is 3.93. The van der Waals surface area contributed by atoms with Crippen LogP contribution in [0.25, 0.3) is 0 Å². The third kappa shape index (κ3) is 4.02. The number of nitro groups is 1. The number of hydrogen-bond acceptors (Lipinski definition) is 6. The van der Waals surface area contributed by atoms with Crippen molar-refractivity contribution in [2.24, 2.45) is 0 Å². The lowest BCUT2D eigenvalue weighted by Crippen LogP contribution is -2.17. The molecule has 3 rings (SSSR count). The molecule has 0 bridgehead atoms. The van der Waals surface area contributed by atoms with Gasteiger partial charge in [0.2, 0.25) is 0 Å². The monoisotopic (exact) mass is 417 g/mol. The first-order chi connectivity index (χ1) is 13.3. The van der Waals surface area contributed by atoms with Gasteiger partial charge >= 0.3 is 0 Å². The smallest absolute Gasteiger partial charge is 0.273 e. The zero-order valence-electron chi connectivity index (χ0n) is 14.6. The van der Waals surface area contributed by atoms with Crippen molar-refractivity contribution in [2.45, 2.75) is 11.1 Å². The molecule has 0 aliphatic rings. The van der Waals surface area contributed by atoms with E-state index in [2.05, 4.69) is 10.0 Å². The van der Waals surface area contributed by atoms with Crippen molar-refractivity contribution in [2.75, 3.05) is 10.0 Å². The maximum Gasteiger partial charge on any atom is 0.273 e. The molecule has 0 fully saturated rings. The first-order valence-corrected chi connectivity index (χ1v) is 10.4. The van der Waals surface area contributed by atoms with E-state index in [0.717, 1.165) is 11.3 Å². The van der Waals surface area contributed by atoms with Crippen molar-refractivity contribution in [3.63, 3.8) is 0 Å². The van der Waals surface area contributed by atoms with E-state index < -0.39 is 20.9 Å². The van der Waals surface area contributed by atoms with Gasteiger partial charge in [-0.2, -0.15) is 0 Å². The standard InChI is InChI=1S/C18H15N3O5S2/c1-12-13(6-4-9-16(12)21(23)24)18(22)19-14-7-2-3-8-15(14)20-28(25,26)17-10-5-11-27-17/h2-11,20H,1H3,(H,19,22). The highest BCUT2D eigenvalue weighted by atomic mass is 32.2. The number of carbonyl (C=O) groups is 1. The lowest BCUT2D eigenvalue weighted by Gasteiger charge is -2.13. The van der Waals surface area contributed by atoms with E-state index in [1.165, 1.54) is 43.3 Å². The molecule has 10 heteroatoms. The Hall–Kier alpha value is -3.24. The number of benzene rings is 2. The molecule has 1 aromatic heterocycles. The van der Waals surface area contributed by atoms with Crippen molar-refractivity contribution in [1.29, 1.82) is 0 Å². The average Bonchev–Trinajstić information content (AvgIpc) is 3.18. The summed E-state index contributed by atoms with van der Waals surface area (Å²) in [5.74, 6) is -0.580. The Morgan fingerprint density at radius 3 is 2.39 bits per heavy atom. The molecule has 1 amide bonds. The fourth-order valence-electron chi connectivity index (χ4n) is 2.55. The van der Waals surface area contributed by atoms with Crippen LogP contribution >= 0.6 is 11.3 Å². The Balaban J connectivity index is 1.89. The van der Waals surface area contributed by atoms with Crippen molar-refractivity contribution in [3.8, 4) is 0 Å². The van der Waals surface area contributed by atoms with Crippen LogP contribution in [-0.2, 0) is 10.0 Å². The summed E-state index contributed by atoms with van der Waals surface area (Å²) in [7, 11) is -3.79. The molecule has 0 spiro atoms. The number of carbonyl (C=O) groups excluding carboxylic acids is 1. The van der Waals surface area contributed by atoms with Crippen LogP contribution in [0.15, 0.2) is 64.2 Å². The van der Waals surface area contributed by atoms with Crippen LogP contribution in [0.5, 0.6) is 0 Å². The molecule has 144 valence electrons. The second kappa shape index (κ2) is 7.79. The van der Waals surface area contributed by atoms with Crippen LogP contribution in [0, 0.1) is 17.0 Å². The number of anilines is 2. The molecule has 0 aliphatic carbocycles. The maximum atomic E-state index is 12.6. The second-order valence-corrected chi connectivity index (χ2v) is 8.60. The van der Waals surface area contributed by atoms with Crippen LogP contribution < -0.4 is 10.0 Å². The van der Waals surface area contributed by atoms with Gasteiger partial charge in [0, 0.05) is 17.2 Å². The van der Waals surface area contributed by atoms with Gasteiger partial charge in [-0.25, -0.2) is 8.42 Å². The molecule has 0 aliphatic heterocycles. The quantitative estimate of drug-likeness (QED) is 0.464. The lowest BCUT2D eigenvalue weighted by atomic mass is 10.1. The van der Waals surface area contributed by atoms with Gasteiger partial charge < -0.3 is 5.32 Å². The van der Waals surface area contributed by atoms with Crippen LogP contribution in [0.4, 0.5) is 17.1 Å². The minimum atomic E-state index is -3.79. The van der Waals surface area contributed by atoms with Crippen molar-refractivity contribution in [1.82, 2.24) is 0 Å². The molecule has 0 radical (unpaired) electrons. The zero-order chi connectivity index (χ0) is 20.3. The Morgan fingerprint density at radius 2 is 1.75 bits per heavy atom. The minimum absolute atomic E-state index is 0.130. The minimum Gasteiger partial charge on any atom is -0.320 e. The number of nitrogens with zero attached hydrogens (tertiary/aromatic N) is 1. The normalized spacial score (nSPS) is 11.0. The molecule has 0 unspecified atom stereocenters. The van der Waals surface area contributed by atoms with Crippen molar-refractivity contribution in [3.05, 3.63) is 81.2 Å². The van der Waals surface area contributed by atoms with Crippen molar-refractivity contribution >= 4 is 44.3 Å². The van der Waals surface area contributed by atoms with E-state index in [9.17, 15) is 23.3 Å². The SMILES string of the molecule is Cc1c(C(=O)Nc2ccccc2NS(=O)(=O)c2cccs2)cccc1[N+](=O)[O-]. The van der Waals surface area contributed by atoms with Gasteiger partial charge in [-0.15, -0.1) is 11.3 Å². The lowest BCUT2D eigenvalue weighted by molar-refractivity contribution is -0.385. The number of nitro benzene ring substituents is 1. The summed E-state index contributed by atoms with van der Waals surface area (Å²) >= 11 is 1.07. The fraction of sp³-hybridized carbons (Fsp3) is 0.0556. The number of para-hydroxylation sites is 2. The maximum absolute atomic E-state index is 12.6. The summed E-state index contributed by atoms with van der Waals surface area (Å²) in [5.41, 5.74) is 0.608. The van der Waals surface area contributed by atoms with E-state index in [-0.39, 0.29) is 32.4 Å². The van der Waals surface area contributed by atoms with Gasteiger partial charge in [-0.05, 0) is 36.6 Å². The highest BCUT2D eigenvalue weighted by Gasteiger charge is 2.20. The molecule has 0 saturated heterocycles. The van der Waals surface area contributed by atoms with Crippen LogP contribution in [0.1, 0.15) is 15.9 Å². The predicted octanol–water partition coefficient (Wildman–Crippen LogP) is 4.02. The molecule has 0 saturated carbocycles. The number of rotatable bonds is 6. The van der Waals surface area contributed by atoms with Gasteiger partial charge in [-0.3, -0.25) is 19.6 Å². The predicted molar refractivity (Wildman–Crippen MR) is 107 cm³/mol. The average molecular weight is 417 g/mol. The summed E-state index contributed by atoms with van der Waals surface area (Å²) in [5, 5.41) is 15.3. The summed E-state index contributed by atoms with van der Waals surface area (Å²) in [4.78, 5) is 23.2. The van der Waals surface area contributed by atoms with E-state index >= 15 is 0 Å². The van der Waals surface area contributed by atoms with E-state index in [1.807, 2.05) is 0 Å². The van der Waals surface area contributed by atoms with Gasteiger partial charge in [0.15, 0.2) is 0 Å². The number of hydrogen-bond donors (Lipinski definition) is 2. The Kier molecular flexibility index (Phi) is 5.43. The van der Waals surface area contributed by atoms with Gasteiger partial charge in [-0.1, -0.05) is 24.3 Å².